The predicted octanol–water partition coefficient (Wildman–Crippen LogP) is 5.98. The molecular formula is C21H20ClNO2. The van der Waals surface area contributed by atoms with Crippen LogP contribution in [0, 0.1) is 0 Å². The first kappa shape index (κ1) is 17.3. The van der Waals surface area contributed by atoms with Crippen LogP contribution < -0.4 is 5.32 Å². The number of halogens is 1. The fourth-order valence-corrected chi connectivity index (χ4v) is 3.07. The van der Waals surface area contributed by atoms with E-state index in [4.69, 9.17) is 16.0 Å². The number of furan rings is 1. The average Bonchev–Trinajstić information content (AvgIpc) is 3.12. The van der Waals surface area contributed by atoms with Crippen molar-refractivity contribution in [3.05, 3.63) is 76.5 Å². The van der Waals surface area contributed by atoms with Gasteiger partial charge in [-0.25, -0.2) is 0 Å². The Hall–Kier alpha value is -2.52. The number of aryl methyl sites for hydroxylation is 2. The predicted molar refractivity (Wildman–Crippen MR) is 102 cm³/mol. The van der Waals surface area contributed by atoms with Gasteiger partial charge in [0.1, 0.15) is 5.76 Å². The van der Waals surface area contributed by atoms with Gasteiger partial charge >= 0.3 is 0 Å². The summed E-state index contributed by atoms with van der Waals surface area (Å²) in [6, 6.07) is 16.9. The number of amides is 1. The van der Waals surface area contributed by atoms with Crippen molar-refractivity contribution in [3.63, 3.8) is 0 Å². The van der Waals surface area contributed by atoms with Gasteiger partial charge in [-0.05, 0) is 48.2 Å². The van der Waals surface area contributed by atoms with E-state index in [2.05, 4.69) is 19.2 Å². The average molecular weight is 354 g/mol. The Morgan fingerprint density at radius 3 is 2.28 bits per heavy atom. The van der Waals surface area contributed by atoms with Gasteiger partial charge in [-0.2, -0.15) is 0 Å². The van der Waals surface area contributed by atoms with Crippen LogP contribution in [0.25, 0.3) is 11.3 Å². The molecule has 128 valence electrons. The Bertz CT molecular complexity index is 876. The van der Waals surface area contributed by atoms with Crippen molar-refractivity contribution in [1.82, 2.24) is 0 Å². The lowest BCUT2D eigenvalue weighted by Gasteiger charge is -2.13. The lowest BCUT2D eigenvalue weighted by Crippen LogP contribution is -2.14. The Morgan fingerprint density at radius 1 is 0.960 bits per heavy atom. The molecule has 0 bridgehead atoms. The minimum atomic E-state index is -0.256. The number of hydrogen-bond acceptors (Lipinski definition) is 2. The molecule has 0 saturated carbocycles. The van der Waals surface area contributed by atoms with Crippen LogP contribution in [0.2, 0.25) is 5.02 Å². The van der Waals surface area contributed by atoms with Gasteiger partial charge < -0.3 is 9.73 Å². The summed E-state index contributed by atoms with van der Waals surface area (Å²) in [6.45, 7) is 4.15. The van der Waals surface area contributed by atoms with Crippen LogP contribution >= 0.6 is 11.6 Å². The third-order valence-electron chi connectivity index (χ3n) is 4.21. The van der Waals surface area contributed by atoms with E-state index in [1.165, 1.54) is 0 Å². The van der Waals surface area contributed by atoms with E-state index < -0.39 is 0 Å². The second kappa shape index (κ2) is 7.58. The van der Waals surface area contributed by atoms with Crippen LogP contribution in [0.4, 0.5) is 5.69 Å². The first-order chi connectivity index (χ1) is 12.1. The molecule has 0 aliphatic heterocycles. The van der Waals surface area contributed by atoms with E-state index in [1.807, 2.05) is 36.4 Å². The zero-order valence-electron chi connectivity index (χ0n) is 14.3. The van der Waals surface area contributed by atoms with Crippen LogP contribution in [0.15, 0.2) is 59.0 Å². The molecule has 3 nitrogen and oxygen atoms in total. The number of nitrogens with one attached hydrogen (secondary N) is 1. The summed E-state index contributed by atoms with van der Waals surface area (Å²) in [6.07, 6.45) is 1.71. The van der Waals surface area contributed by atoms with Gasteiger partial charge in [0.15, 0.2) is 5.76 Å². The van der Waals surface area contributed by atoms with Gasteiger partial charge in [0.05, 0.1) is 5.02 Å². The first-order valence-corrected chi connectivity index (χ1v) is 8.78. The normalized spacial score (nSPS) is 10.7. The highest BCUT2D eigenvalue weighted by Crippen LogP contribution is 2.30. The molecular weight excluding hydrogens is 334 g/mol. The van der Waals surface area contributed by atoms with Crippen molar-refractivity contribution in [3.8, 4) is 11.3 Å². The van der Waals surface area contributed by atoms with E-state index >= 15 is 0 Å². The third kappa shape index (κ3) is 3.62. The second-order valence-electron chi connectivity index (χ2n) is 5.76. The molecule has 0 aliphatic rings. The number of para-hydroxylation sites is 1. The third-order valence-corrected chi connectivity index (χ3v) is 4.54. The number of carbonyl (C=O) groups excluding carboxylic acids is 1. The van der Waals surface area contributed by atoms with Crippen molar-refractivity contribution in [2.75, 3.05) is 5.32 Å². The van der Waals surface area contributed by atoms with E-state index in [1.54, 1.807) is 18.2 Å². The second-order valence-corrected chi connectivity index (χ2v) is 6.16. The summed E-state index contributed by atoms with van der Waals surface area (Å²) in [4.78, 5) is 12.6. The van der Waals surface area contributed by atoms with Gasteiger partial charge in [0.25, 0.3) is 5.91 Å². The highest BCUT2D eigenvalue weighted by molar-refractivity contribution is 6.33. The minimum absolute atomic E-state index is 0.256. The fraction of sp³-hybridized carbons (Fsp3) is 0.190. The zero-order chi connectivity index (χ0) is 17.8. The number of benzene rings is 2. The molecule has 1 aromatic heterocycles. The molecule has 0 fully saturated rings. The Labute approximate surface area is 152 Å². The minimum Gasteiger partial charge on any atom is -0.451 e. The Balaban J connectivity index is 1.88. The summed E-state index contributed by atoms with van der Waals surface area (Å²) < 4.78 is 5.74. The highest BCUT2D eigenvalue weighted by Gasteiger charge is 2.16. The molecule has 1 amide bonds. The lowest BCUT2D eigenvalue weighted by atomic mass is 10.0. The molecule has 2 aromatic carbocycles. The molecule has 4 heteroatoms. The van der Waals surface area contributed by atoms with E-state index in [9.17, 15) is 4.79 Å². The molecule has 3 rings (SSSR count). The van der Waals surface area contributed by atoms with Crippen molar-refractivity contribution in [2.45, 2.75) is 26.7 Å². The number of carbonyl (C=O) groups is 1. The highest BCUT2D eigenvalue weighted by atomic mass is 35.5. The van der Waals surface area contributed by atoms with Gasteiger partial charge in [0, 0.05) is 11.3 Å². The molecule has 0 aliphatic carbocycles. The maximum Gasteiger partial charge on any atom is 0.291 e. The summed E-state index contributed by atoms with van der Waals surface area (Å²) in [5.41, 5.74) is 3.88. The molecule has 3 aromatic rings. The molecule has 25 heavy (non-hydrogen) atoms. The van der Waals surface area contributed by atoms with Crippen LogP contribution in [0.3, 0.4) is 0 Å². The molecule has 0 spiro atoms. The van der Waals surface area contributed by atoms with Gasteiger partial charge in [-0.1, -0.05) is 55.8 Å². The molecule has 0 atom stereocenters. The largest absolute Gasteiger partial charge is 0.451 e. The van der Waals surface area contributed by atoms with Crippen LogP contribution in [0.5, 0.6) is 0 Å². The Kier molecular flexibility index (Phi) is 5.25. The molecule has 0 unspecified atom stereocenters. The van der Waals surface area contributed by atoms with E-state index in [-0.39, 0.29) is 11.7 Å². The standard InChI is InChI=1S/C21H20ClNO2/c1-3-14-8-7-9-15(4-2)20(14)23-21(24)19-13-12-18(25-19)16-10-5-6-11-17(16)22/h5-13H,3-4H2,1-2H3,(H,23,24). The monoisotopic (exact) mass is 353 g/mol. The van der Waals surface area contributed by atoms with Crippen molar-refractivity contribution in [2.24, 2.45) is 0 Å². The summed E-state index contributed by atoms with van der Waals surface area (Å²) in [5, 5.41) is 3.60. The molecule has 1 heterocycles. The van der Waals surface area contributed by atoms with Crippen molar-refractivity contribution >= 4 is 23.2 Å². The number of rotatable bonds is 5. The number of anilines is 1. The summed E-state index contributed by atoms with van der Waals surface area (Å²) in [5.74, 6) is 0.590. The van der Waals surface area contributed by atoms with E-state index in [0.29, 0.717) is 10.8 Å². The maximum atomic E-state index is 12.6. The van der Waals surface area contributed by atoms with Crippen LogP contribution in [-0.2, 0) is 12.8 Å². The fourth-order valence-electron chi connectivity index (χ4n) is 2.84. The smallest absolute Gasteiger partial charge is 0.291 e. The molecule has 1 N–H and O–H groups in total. The van der Waals surface area contributed by atoms with Crippen molar-refractivity contribution < 1.29 is 9.21 Å². The SMILES string of the molecule is CCc1cccc(CC)c1NC(=O)c1ccc(-c2ccccc2Cl)o1. The number of hydrogen-bond donors (Lipinski definition) is 1. The van der Waals surface area contributed by atoms with Gasteiger partial charge in [0.2, 0.25) is 0 Å². The van der Waals surface area contributed by atoms with Crippen molar-refractivity contribution in [1.29, 1.82) is 0 Å². The Morgan fingerprint density at radius 2 is 1.64 bits per heavy atom. The van der Waals surface area contributed by atoms with Crippen LogP contribution in [-0.4, -0.2) is 5.91 Å². The van der Waals surface area contributed by atoms with Gasteiger partial charge in [-0.3, -0.25) is 4.79 Å². The summed E-state index contributed by atoms with van der Waals surface area (Å²) >= 11 is 6.20. The molecule has 0 radical (unpaired) electrons. The maximum absolute atomic E-state index is 12.6. The summed E-state index contributed by atoms with van der Waals surface area (Å²) in [7, 11) is 0. The van der Waals surface area contributed by atoms with Crippen LogP contribution in [0.1, 0.15) is 35.5 Å². The quantitative estimate of drug-likeness (QED) is 0.613. The van der Waals surface area contributed by atoms with E-state index in [0.717, 1.165) is 35.2 Å². The molecule has 0 saturated heterocycles. The first-order valence-electron chi connectivity index (χ1n) is 8.40. The van der Waals surface area contributed by atoms with Gasteiger partial charge in [-0.15, -0.1) is 0 Å². The topological polar surface area (TPSA) is 42.2 Å². The zero-order valence-corrected chi connectivity index (χ0v) is 15.1. The lowest BCUT2D eigenvalue weighted by molar-refractivity contribution is 0.0997.